The molecule has 1 aromatic carbocycles. The molecule has 0 saturated heterocycles. The first kappa shape index (κ1) is 18.5. The quantitative estimate of drug-likeness (QED) is 0.746. The lowest BCUT2D eigenvalue weighted by atomic mass is 9.77. The van der Waals surface area contributed by atoms with Crippen LogP contribution in [0.3, 0.4) is 0 Å². The van der Waals surface area contributed by atoms with Crippen LogP contribution in [-0.2, 0) is 18.3 Å². The second-order valence-corrected chi connectivity index (χ2v) is 6.86. The average Bonchev–Trinajstić information content (AvgIpc) is 2.71. The maximum atomic E-state index is 9.83. The van der Waals surface area contributed by atoms with Gasteiger partial charge < -0.3 is 0 Å². The second kappa shape index (κ2) is 7.51. The Morgan fingerprint density at radius 1 is 1.07 bits per heavy atom. The Bertz CT molecular complexity index is 1060. The first-order chi connectivity index (χ1) is 13.1. The summed E-state index contributed by atoms with van der Waals surface area (Å²) in [7, 11) is 0. The van der Waals surface area contributed by atoms with Gasteiger partial charge in [0.25, 0.3) is 0 Å². The third kappa shape index (κ3) is 3.02. The highest BCUT2D eigenvalue weighted by atomic mass is 35.5. The fourth-order valence-electron chi connectivity index (χ4n) is 3.57. The van der Waals surface area contributed by atoms with Crippen LogP contribution in [0, 0.1) is 46.3 Å². The molecule has 27 heavy (non-hydrogen) atoms. The Hall–Kier alpha value is -3.31. The van der Waals surface area contributed by atoms with E-state index in [-0.39, 0.29) is 12.1 Å². The Labute approximate surface area is 163 Å². The van der Waals surface area contributed by atoms with E-state index in [2.05, 4.69) is 17.0 Å². The number of pyridine rings is 1. The maximum absolute atomic E-state index is 9.83. The molecule has 0 N–H and O–H groups in total. The van der Waals surface area contributed by atoms with Gasteiger partial charge in [-0.1, -0.05) is 29.8 Å². The minimum atomic E-state index is -1.66. The van der Waals surface area contributed by atoms with E-state index in [0.717, 1.165) is 36.0 Å². The molecule has 0 aliphatic heterocycles. The van der Waals surface area contributed by atoms with Crippen molar-refractivity contribution in [3.8, 4) is 41.8 Å². The summed E-state index contributed by atoms with van der Waals surface area (Å²) >= 11 is 6.40. The molecule has 0 radical (unpaired) electrons. The van der Waals surface area contributed by atoms with E-state index in [1.165, 1.54) is 0 Å². The van der Waals surface area contributed by atoms with Crippen LogP contribution in [0.4, 0.5) is 0 Å². The molecule has 130 valence electrons. The van der Waals surface area contributed by atoms with Gasteiger partial charge >= 0.3 is 0 Å². The van der Waals surface area contributed by atoms with Crippen molar-refractivity contribution in [1.29, 1.82) is 15.8 Å². The maximum Gasteiger partial charge on any atom is 0.197 e. The summed E-state index contributed by atoms with van der Waals surface area (Å²) in [6, 6.07) is 13.5. The lowest BCUT2D eigenvalue weighted by Gasteiger charge is -2.26. The monoisotopic (exact) mass is 370 g/mol. The average molecular weight is 371 g/mol. The van der Waals surface area contributed by atoms with Gasteiger partial charge in [-0.15, -0.1) is 12.3 Å². The third-order valence-corrected chi connectivity index (χ3v) is 5.24. The van der Waals surface area contributed by atoms with Crippen LogP contribution >= 0.6 is 11.6 Å². The highest BCUT2D eigenvalue weighted by Gasteiger charge is 2.39. The Morgan fingerprint density at radius 2 is 1.74 bits per heavy atom. The zero-order valence-corrected chi connectivity index (χ0v) is 15.3. The van der Waals surface area contributed by atoms with Gasteiger partial charge in [0, 0.05) is 17.0 Å². The summed E-state index contributed by atoms with van der Waals surface area (Å²) in [5.74, 6) is 2.39. The normalized spacial score (nSPS) is 12.8. The van der Waals surface area contributed by atoms with Crippen molar-refractivity contribution in [2.24, 2.45) is 0 Å². The molecule has 0 bridgehead atoms. The molecule has 0 saturated carbocycles. The number of benzene rings is 1. The summed E-state index contributed by atoms with van der Waals surface area (Å²) in [6.07, 6.45) is 8.69. The summed E-state index contributed by atoms with van der Waals surface area (Å²) in [6.45, 7) is 0. The van der Waals surface area contributed by atoms with Crippen LogP contribution < -0.4 is 0 Å². The van der Waals surface area contributed by atoms with Gasteiger partial charge in [0.05, 0.1) is 29.1 Å². The minimum absolute atomic E-state index is 0.136. The molecule has 0 unspecified atom stereocenters. The van der Waals surface area contributed by atoms with Crippen molar-refractivity contribution >= 4 is 11.6 Å². The van der Waals surface area contributed by atoms with Gasteiger partial charge in [-0.2, -0.15) is 15.8 Å². The van der Waals surface area contributed by atoms with E-state index >= 15 is 0 Å². The molecule has 0 atom stereocenters. The van der Waals surface area contributed by atoms with Crippen molar-refractivity contribution in [3.63, 3.8) is 0 Å². The molecular formula is C22H15ClN4. The van der Waals surface area contributed by atoms with Gasteiger partial charge in [-0.25, -0.2) is 4.98 Å². The van der Waals surface area contributed by atoms with Crippen LogP contribution in [-0.4, -0.2) is 4.98 Å². The van der Waals surface area contributed by atoms with Gasteiger partial charge in [0.15, 0.2) is 5.41 Å². The Morgan fingerprint density at radius 3 is 2.33 bits per heavy atom. The summed E-state index contributed by atoms with van der Waals surface area (Å²) in [5.41, 5.74) is 1.98. The molecule has 1 aliphatic carbocycles. The topological polar surface area (TPSA) is 84.3 Å². The molecule has 4 nitrogen and oxygen atoms in total. The van der Waals surface area contributed by atoms with Gasteiger partial charge in [0.2, 0.25) is 0 Å². The molecule has 0 amide bonds. The summed E-state index contributed by atoms with van der Waals surface area (Å²) in [5, 5.41) is 29.9. The fraction of sp³-hybridized carbons (Fsp3) is 0.273. The number of rotatable bonds is 3. The highest BCUT2D eigenvalue weighted by Crippen LogP contribution is 2.39. The highest BCUT2D eigenvalue weighted by molar-refractivity contribution is 6.33. The minimum Gasteiger partial charge on any atom is -0.248 e. The number of halogens is 1. The SMILES string of the molecule is C#CCC(C#N)(C#N)c1nc(-c2ccccc2Cl)c2c(c1C#N)CCCC2. The number of fused-ring (bicyclic) bond motifs is 1. The molecule has 2 aromatic rings. The Balaban J connectivity index is 2.43. The van der Waals surface area contributed by atoms with Crippen LogP contribution in [0.2, 0.25) is 5.02 Å². The zero-order valence-electron chi connectivity index (χ0n) is 14.6. The number of hydrogen-bond acceptors (Lipinski definition) is 4. The molecule has 1 heterocycles. The smallest absolute Gasteiger partial charge is 0.197 e. The first-order valence-electron chi connectivity index (χ1n) is 8.59. The third-order valence-electron chi connectivity index (χ3n) is 4.91. The Kier molecular flexibility index (Phi) is 5.14. The predicted octanol–water partition coefficient (Wildman–Crippen LogP) is 4.46. The van der Waals surface area contributed by atoms with Gasteiger partial charge in [-0.3, -0.25) is 0 Å². The zero-order chi connectivity index (χ0) is 19.4. The molecule has 1 aromatic heterocycles. The number of terminal acetylenes is 1. The molecule has 1 aliphatic rings. The van der Waals surface area contributed by atoms with Crippen LogP contribution in [0.1, 0.15) is 41.6 Å². The van der Waals surface area contributed by atoms with Crippen LogP contribution in [0.15, 0.2) is 24.3 Å². The van der Waals surface area contributed by atoms with Crippen molar-refractivity contribution in [3.05, 3.63) is 51.7 Å². The van der Waals surface area contributed by atoms with Crippen LogP contribution in [0.25, 0.3) is 11.3 Å². The molecule has 0 fully saturated rings. The summed E-state index contributed by atoms with van der Waals surface area (Å²) < 4.78 is 0. The molecule has 5 heteroatoms. The number of aromatic nitrogens is 1. The van der Waals surface area contributed by atoms with E-state index in [4.69, 9.17) is 18.0 Å². The first-order valence-corrected chi connectivity index (χ1v) is 8.97. The van der Waals surface area contributed by atoms with E-state index in [1.54, 1.807) is 6.07 Å². The van der Waals surface area contributed by atoms with Crippen LogP contribution in [0.5, 0.6) is 0 Å². The molecule has 0 spiro atoms. The lowest BCUT2D eigenvalue weighted by molar-refractivity contribution is 0.657. The summed E-state index contributed by atoms with van der Waals surface area (Å²) in [4.78, 5) is 4.67. The largest absolute Gasteiger partial charge is 0.248 e. The van der Waals surface area contributed by atoms with Crippen molar-refractivity contribution in [1.82, 2.24) is 4.98 Å². The number of hydrogen-bond donors (Lipinski definition) is 0. The van der Waals surface area contributed by atoms with Gasteiger partial charge in [-0.05, 0) is 42.9 Å². The lowest BCUT2D eigenvalue weighted by Crippen LogP contribution is -2.27. The number of nitrogens with zero attached hydrogens (tertiary/aromatic N) is 4. The fourth-order valence-corrected chi connectivity index (χ4v) is 3.80. The van der Waals surface area contributed by atoms with Crippen molar-refractivity contribution < 1.29 is 0 Å². The van der Waals surface area contributed by atoms with E-state index < -0.39 is 5.41 Å². The van der Waals surface area contributed by atoms with E-state index in [9.17, 15) is 15.8 Å². The van der Waals surface area contributed by atoms with E-state index in [0.29, 0.717) is 22.7 Å². The van der Waals surface area contributed by atoms with E-state index in [1.807, 2.05) is 30.3 Å². The van der Waals surface area contributed by atoms with Crippen molar-refractivity contribution in [2.45, 2.75) is 37.5 Å². The van der Waals surface area contributed by atoms with Crippen molar-refractivity contribution in [2.75, 3.05) is 0 Å². The molecule has 3 rings (SSSR count). The van der Waals surface area contributed by atoms with Gasteiger partial charge in [0.1, 0.15) is 6.07 Å². The predicted molar refractivity (Wildman–Crippen MR) is 102 cm³/mol. The second-order valence-electron chi connectivity index (χ2n) is 6.45. The molecular weight excluding hydrogens is 356 g/mol. The number of nitriles is 3. The standard InChI is InChI=1S/C22H15ClN4/c1-2-11-22(13-25,14-26)21-18(12-24)15-7-3-4-8-16(15)20(27-21)17-9-5-6-10-19(17)23/h1,5-6,9-10H,3-4,7-8,11H2.